The van der Waals surface area contributed by atoms with Crippen LogP contribution in [0.2, 0.25) is 0 Å². The number of hydrogen-bond donors (Lipinski definition) is 1. The smallest absolute Gasteiger partial charge is 0.351 e. The Morgan fingerprint density at radius 1 is 1.37 bits per heavy atom. The molecule has 2 aliphatic rings. The van der Waals surface area contributed by atoms with Gasteiger partial charge in [0.15, 0.2) is 5.65 Å². The summed E-state index contributed by atoms with van der Waals surface area (Å²) in [6.45, 7) is 0.262. The number of urea groups is 1. The van der Waals surface area contributed by atoms with Crippen molar-refractivity contribution in [2.24, 2.45) is 5.73 Å². The first-order valence-electron chi connectivity index (χ1n) is 8.34. The Hall–Kier alpha value is -2.46. The van der Waals surface area contributed by atoms with Crippen LogP contribution >= 0.6 is 0 Å². The molecule has 11 heteroatoms. The summed E-state index contributed by atoms with van der Waals surface area (Å²) in [4.78, 5) is 16.5. The molecule has 1 aliphatic carbocycles. The number of primary amides is 1. The Morgan fingerprint density at radius 3 is 2.63 bits per heavy atom. The largest absolute Gasteiger partial charge is 0.401 e. The summed E-state index contributed by atoms with van der Waals surface area (Å²) >= 11 is 0. The second-order valence-corrected chi connectivity index (χ2v) is 7.38. The molecule has 1 saturated carbocycles. The van der Waals surface area contributed by atoms with Crippen molar-refractivity contribution < 1.29 is 26.7 Å². The highest BCUT2D eigenvalue weighted by Crippen LogP contribution is 2.50. The van der Waals surface area contributed by atoms with Crippen LogP contribution in [0, 0.1) is 0 Å². The van der Waals surface area contributed by atoms with E-state index in [0.29, 0.717) is 0 Å². The quantitative estimate of drug-likeness (QED) is 0.760. The molecule has 1 fully saturated rings. The number of nitrogens with two attached hydrogens (primary N) is 1. The topological polar surface area (TPSA) is 76.5 Å². The molecule has 2 atom stereocenters. The van der Waals surface area contributed by atoms with E-state index >= 15 is 0 Å². The number of aromatic nitrogens is 3. The van der Waals surface area contributed by atoms with E-state index in [-0.39, 0.29) is 35.6 Å². The number of amides is 2. The first-order valence-corrected chi connectivity index (χ1v) is 8.34. The van der Waals surface area contributed by atoms with Gasteiger partial charge in [-0.15, -0.1) is 0 Å². The number of anilines is 1. The van der Waals surface area contributed by atoms with Crippen molar-refractivity contribution in [2.45, 2.75) is 49.6 Å². The summed E-state index contributed by atoms with van der Waals surface area (Å²) in [5.74, 6) is -3.36. The van der Waals surface area contributed by atoms with Gasteiger partial charge >= 0.3 is 12.2 Å². The molecule has 3 heterocycles. The number of carbonyl (C=O) groups is 1. The van der Waals surface area contributed by atoms with Crippen molar-refractivity contribution in [1.82, 2.24) is 14.6 Å². The fourth-order valence-electron chi connectivity index (χ4n) is 3.96. The number of alkyl halides is 5. The van der Waals surface area contributed by atoms with Crippen LogP contribution in [-0.2, 0) is 5.41 Å². The maximum Gasteiger partial charge on any atom is 0.401 e. The third-order valence-corrected chi connectivity index (χ3v) is 5.48. The Morgan fingerprint density at radius 2 is 2.07 bits per heavy atom. The van der Waals surface area contributed by atoms with Gasteiger partial charge in [-0.05, 0) is 13.3 Å². The molecule has 0 bridgehead atoms. The van der Waals surface area contributed by atoms with E-state index in [9.17, 15) is 26.7 Å². The lowest BCUT2D eigenvalue weighted by Gasteiger charge is -2.27. The number of carbonyl (C=O) groups excluding carboxylic acids is 1. The molecule has 1 unspecified atom stereocenters. The lowest BCUT2D eigenvalue weighted by Crippen LogP contribution is -2.46. The van der Waals surface area contributed by atoms with E-state index in [2.05, 4.69) is 10.1 Å². The summed E-state index contributed by atoms with van der Waals surface area (Å²) < 4.78 is 69.6. The fourth-order valence-corrected chi connectivity index (χ4v) is 3.96. The van der Waals surface area contributed by atoms with Crippen LogP contribution in [0.5, 0.6) is 0 Å². The predicted molar refractivity (Wildman–Crippen MR) is 84.9 cm³/mol. The molecule has 0 radical (unpaired) electrons. The lowest BCUT2D eigenvalue weighted by molar-refractivity contribution is -0.181. The van der Waals surface area contributed by atoms with Crippen molar-refractivity contribution in [3.63, 3.8) is 0 Å². The number of fused-ring (bicyclic) bond motifs is 3. The van der Waals surface area contributed by atoms with Gasteiger partial charge in [0.05, 0.1) is 23.3 Å². The van der Waals surface area contributed by atoms with Gasteiger partial charge in [-0.1, -0.05) is 0 Å². The van der Waals surface area contributed by atoms with E-state index in [1.165, 1.54) is 6.07 Å². The minimum atomic E-state index is -4.69. The van der Waals surface area contributed by atoms with E-state index in [4.69, 9.17) is 5.73 Å². The summed E-state index contributed by atoms with van der Waals surface area (Å²) in [6, 6.07) is 0.393. The highest BCUT2D eigenvalue weighted by atomic mass is 19.4. The summed E-state index contributed by atoms with van der Waals surface area (Å²) in [5, 5.41) is 4.18. The van der Waals surface area contributed by atoms with E-state index in [1.54, 1.807) is 0 Å². The standard InChI is InChI=1S/C16H16F5N5O/c1-14(16(19,20)21)7-25(13(22)27)10-6-23-11-4-9(24-26(11)12(10)14)8-2-3-15(17,18)5-8/h4,6,8H,2-3,5,7H2,1H3,(H2,22,27)/t8-,14?/m1/s1. The Labute approximate surface area is 150 Å². The second kappa shape index (κ2) is 5.29. The van der Waals surface area contributed by atoms with Crippen molar-refractivity contribution in [3.8, 4) is 0 Å². The molecule has 6 nitrogen and oxygen atoms in total. The van der Waals surface area contributed by atoms with Crippen molar-refractivity contribution in [3.05, 3.63) is 23.7 Å². The zero-order valence-electron chi connectivity index (χ0n) is 14.2. The van der Waals surface area contributed by atoms with Crippen molar-refractivity contribution in [1.29, 1.82) is 0 Å². The Kier molecular flexibility index (Phi) is 3.51. The zero-order chi connectivity index (χ0) is 19.8. The third-order valence-electron chi connectivity index (χ3n) is 5.48. The first kappa shape index (κ1) is 17.9. The normalized spacial score (nSPS) is 27.3. The highest BCUT2D eigenvalue weighted by Gasteiger charge is 2.60. The van der Waals surface area contributed by atoms with Crippen LogP contribution in [0.15, 0.2) is 12.3 Å². The van der Waals surface area contributed by atoms with E-state index in [1.807, 2.05) is 0 Å². The van der Waals surface area contributed by atoms with Crippen molar-refractivity contribution in [2.75, 3.05) is 11.4 Å². The van der Waals surface area contributed by atoms with Gasteiger partial charge in [-0.25, -0.2) is 23.1 Å². The van der Waals surface area contributed by atoms with Gasteiger partial charge in [0.1, 0.15) is 5.41 Å². The monoisotopic (exact) mass is 389 g/mol. The second-order valence-electron chi connectivity index (χ2n) is 7.38. The van der Waals surface area contributed by atoms with Crippen LogP contribution in [0.4, 0.5) is 32.4 Å². The Balaban J connectivity index is 1.89. The van der Waals surface area contributed by atoms with Crippen molar-refractivity contribution >= 4 is 17.4 Å². The molecular formula is C16H16F5N5O. The molecule has 0 aromatic carbocycles. The minimum absolute atomic E-state index is 0.0822. The molecule has 0 saturated heterocycles. The van der Waals surface area contributed by atoms with E-state index in [0.717, 1.165) is 22.5 Å². The molecule has 146 valence electrons. The molecule has 1 aliphatic heterocycles. The summed E-state index contributed by atoms with van der Waals surface area (Å²) in [5.41, 5.74) is 2.85. The minimum Gasteiger partial charge on any atom is -0.351 e. The van der Waals surface area contributed by atoms with Gasteiger partial charge in [-0.3, -0.25) is 4.90 Å². The molecule has 2 aromatic heterocycles. The number of nitrogens with zero attached hydrogens (tertiary/aromatic N) is 4. The van der Waals surface area contributed by atoms with Crippen LogP contribution < -0.4 is 10.6 Å². The fraction of sp³-hybridized carbons (Fsp3) is 0.562. The van der Waals surface area contributed by atoms with Crippen LogP contribution in [-0.4, -0.2) is 39.3 Å². The van der Waals surface area contributed by atoms with Gasteiger partial charge in [0.25, 0.3) is 0 Å². The van der Waals surface area contributed by atoms with Gasteiger partial charge in [0.2, 0.25) is 5.92 Å². The van der Waals surface area contributed by atoms with Gasteiger partial charge in [0, 0.05) is 31.4 Å². The average molecular weight is 389 g/mol. The van der Waals surface area contributed by atoms with Crippen LogP contribution in [0.3, 0.4) is 0 Å². The number of halogens is 5. The maximum absolute atomic E-state index is 13.9. The highest BCUT2D eigenvalue weighted by molar-refractivity contribution is 5.93. The third kappa shape index (κ3) is 2.54. The van der Waals surface area contributed by atoms with Crippen LogP contribution in [0.25, 0.3) is 5.65 Å². The lowest BCUT2D eigenvalue weighted by atomic mass is 9.88. The molecule has 27 heavy (non-hydrogen) atoms. The molecule has 2 N–H and O–H groups in total. The van der Waals surface area contributed by atoms with Crippen LogP contribution in [0.1, 0.15) is 43.5 Å². The summed E-state index contributed by atoms with van der Waals surface area (Å²) in [7, 11) is 0. The van der Waals surface area contributed by atoms with E-state index < -0.39 is 42.4 Å². The number of rotatable bonds is 1. The molecule has 4 rings (SSSR count). The SMILES string of the molecule is CC1(C(F)(F)F)CN(C(N)=O)c2cnc3cc([C@@H]4CCC(F)(F)C4)nn3c21. The average Bonchev–Trinajstić information content (AvgIpc) is 3.20. The van der Waals surface area contributed by atoms with Gasteiger partial charge < -0.3 is 5.73 Å². The predicted octanol–water partition coefficient (Wildman–Crippen LogP) is 3.35. The Bertz CT molecular complexity index is 939. The first-order chi connectivity index (χ1) is 12.4. The maximum atomic E-state index is 13.9. The molecule has 0 spiro atoms. The molecule has 2 aromatic rings. The molecule has 2 amide bonds. The zero-order valence-corrected chi connectivity index (χ0v) is 14.2. The van der Waals surface area contributed by atoms with Gasteiger partial charge in [-0.2, -0.15) is 18.3 Å². The number of hydrogen-bond acceptors (Lipinski definition) is 3. The summed E-state index contributed by atoms with van der Waals surface area (Å²) in [6.07, 6.45) is -4.04. The molecular weight excluding hydrogens is 373 g/mol.